The Morgan fingerprint density at radius 3 is 1.45 bits per heavy atom. The van der Waals surface area contributed by atoms with E-state index >= 15 is 0 Å². The Hall–Kier alpha value is -2.65. The molecule has 1 aliphatic heterocycles. The Morgan fingerprint density at radius 2 is 1.00 bits per heavy atom. The summed E-state index contributed by atoms with van der Waals surface area (Å²) in [5.74, 6) is 1.87. The number of hydrogen-bond acceptors (Lipinski definition) is 3. The summed E-state index contributed by atoms with van der Waals surface area (Å²) in [5.41, 5.74) is 2.66. The van der Waals surface area contributed by atoms with Crippen LogP contribution in [-0.4, -0.2) is 41.4 Å². The second-order valence-corrected chi connectivity index (χ2v) is 26.2. The second-order valence-electron chi connectivity index (χ2n) is 10.0. The zero-order valence-electron chi connectivity index (χ0n) is 22.3. The van der Waals surface area contributed by atoms with E-state index in [1.807, 2.05) is 11.8 Å². The maximum atomic E-state index is 13.9. The molecule has 0 aromatic heterocycles. The first-order valence-electron chi connectivity index (χ1n) is 13.7. The van der Waals surface area contributed by atoms with Gasteiger partial charge in [-0.2, -0.15) is 0 Å². The van der Waals surface area contributed by atoms with Gasteiger partial charge in [0.15, 0.2) is 0 Å². The van der Waals surface area contributed by atoms with E-state index in [9.17, 15) is 4.79 Å². The van der Waals surface area contributed by atoms with E-state index in [-0.39, 0.29) is 5.97 Å². The maximum absolute atomic E-state index is 13.9. The van der Waals surface area contributed by atoms with E-state index in [1.54, 1.807) is 0 Å². The van der Waals surface area contributed by atoms with E-state index < -0.39 is 35.5 Å². The molecule has 0 bridgehead atoms. The topological polar surface area (TPSA) is 26.3 Å². The molecule has 5 aromatic rings. The van der Waals surface area contributed by atoms with Gasteiger partial charge < -0.3 is 0 Å². The fourth-order valence-corrected chi connectivity index (χ4v) is 25.4. The van der Waals surface area contributed by atoms with E-state index in [4.69, 9.17) is 2.81 Å². The van der Waals surface area contributed by atoms with Gasteiger partial charge in [0.2, 0.25) is 0 Å². The normalized spacial score (nSPS) is 13.4. The third-order valence-electron chi connectivity index (χ3n) is 7.63. The van der Waals surface area contributed by atoms with Crippen molar-refractivity contribution in [1.29, 1.82) is 0 Å². The first kappa shape index (κ1) is 27.5. The molecule has 5 heteroatoms. The number of carbonyl (C=O) groups is 1. The first-order valence-corrected chi connectivity index (χ1v) is 24.3. The fourth-order valence-electron chi connectivity index (χ4n) is 5.70. The molecule has 0 spiro atoms. The fraction of sp³-hybridized carbons (Fsp3) is 0.114. The summed E-state index contributed by atoms with van der Waals surface area (Å²) in [5, 5.41) is 0.813. The van der Waals surface area contributed by atoms with Gasteiger partial charge >= 0.3 is 254 Å². The van der Waals surface area contributed by atoms with Gasteiger partial charge in [0, 0.05) is 0 Å². The summed E-state index contributed by atoms with van der Waals surface area (Å²) in [6, 6.07) is 49.9. The van der Waals surface area contributed by atoms with Crippen LogP contribution < -0.4 is 19.7 Å². The summed E-state index contributed by atoms with van der Waals surface area (Å²) >= 11 is -4.31. The number of fused-ring (bicyclic) bond motifs is 2. The zero-order valence-corrected chi connectivity index (χ0v) is 28.7. The number of thioether (sulfide) groups is 1. The number of rotatable bonds is 7. The van der Waals surface area contributed by atoms with Crippen molar-refractivity contribution < 1.29 is 7.61 Å². The van der Waals surface area contributed by atoms with E-state index in [0.717, 1.165) is 16.8 Å². The molecule has 0 N–H and O–H groups in total. The Kier molecular flexibility index (Phi) is 8.87. The van der Waals surface area contributed by atoms with Crippen molar-refractivity contribution in [1.82, 2.24) is 0 Å². The van der Waals surface area contributed by atoms with Gasteiger partial charge in [0.05, 0.1) is 0 Å². The molecule has 1 heterocycles. The van der Waals surface area contributed by atoms with E-state index in [0.29, 0.717) is 6.42 Å². The van der Waals surface area contributed by atoms with Crippen LogP contribution in [0, 0.1) is 0 Å². The zero-order chi connectivity index (χ0) is 27.2. The summed E-state index contributed by atoms with van der Waals surface area (Å²) in [7, 11) is 0. The van der Waals surface area contributed by atoms with Crippen LogP contribution in [0.3, 0.4) is 0 Å². The minimum atomic E-state index is -3.21. The molecule has 0 radical (unpaired) electrons. The average Bonchev–Trinajstić information content (AvgIpc) is 3.02. The molecule has 2 nitrogen and oxygen atoms in total. The molecular weight excluding hydrogens is 766 g/mol. The van der Waals surface area contributed by atoms with Crippen molar-refractivity contribution in [2.45, 2.75) is 23.2 Å². The van der Waals surface area contributed by atoms with Crippen molar-refractivity contribution in [2.75, 3.05) is 0 Å². The molecule has 6 rings (SSSR count). The van der Waals surface area contributed by atoms with Gasteiger partial charge in [-0.15, -0.1) is 0 Å². The second kappa shape index (κ2) is 12.9. The van der Waals surface area contributed by atoms with Crippen LogP contribution in [0.1, 0.15) is 17.5 Å². The number of carbonyl (C=O) groups excluding carboxylic acids is 1. The summed E-state index contributed by atoms with van der Waals surface area (Å²) in [6.45, 7) is 0. The van der Waals surface area contributed by atoms with Gasteiger partial charge in [-0.1, -0.05) is 0 Å². The summed E-state index contributed by atoms with van der Waals surface area (Å²) in [4.78, 5) is 13.9. The number of hydrogen-bond donors (Lipinski definition) is 0. The van der Waals surface area contributed by atoms with Gasteiger partial charge in [0.1, 0.15) is 0 Å². The van der Waals surface area contributed by atoms with Gasteiger partial charge in [0.25, 0.3) is 0 Å². The molecule has 0 atom stereocenters. The van der Waals surface area contributed by atoms with Crippen LogP contribution in [0.4, 0.5) is 0 Å². The van der Waals surface area contributed by atoms with Crippen molar-refractivity contribution >= 4 is 72.9 Å². The molecule has 1 aliphatic rings. The van der Waals surface area contributed by atoms with Gasteiger partial charge in [-0.25, -0.2) is 0 Å². The molecule has 198 valence electrons. The van der Waals surface area contributed by atoms with E-state index in [2.05, 4.69) is 140 Å². The van der Waals surface area contributed by atoms with Gasteiger partial charge in [-0.3, -0.25) is 0 Å². The predicted molar refractivity (Wildman–Crippen MR) is 172 cm³/mol. The monoisotopic (exact) mass is 798 g/mol. The Bertz CT molecular complexity index is 1430. The minimum absolute atomic E-state index is 0.0478. The van der Waals surface area contributed by atoms with Crippen LogP contribution in [0.5, 0.6) is 0 Å². The molecular formula is C35H31BiGeO2S. The van der Waals surface area contributed by atoms with Crippen molar-refractivity contribution in [3.05, 3.63) is 151 Å². The predicted octanol–water partition coefficient (Wildman–Crippen LogP) is 4.64. The Morgan fingerprint density at radius 1 is 0.600 bits per heavy atom. The molecule has 0 saturated heterocycles. The van der Waals surface area contributed by atoms with Crippen LogP contribution >= 0.6 is 11.8 Å². The average molecular weight is 797 g/mol. The molecule has 0 fully saturated rings. The van der Waals surface area contributed by atoms with Crippen LogP contribution in [-0.2, 0) is 19.1 Å². The molecule has 0 saturated carbocycles. The molecule has 0 aliphatic carbocycles. The first-order chi connectivity index (χ1) is 19.8. The molecule has 40 heavy (non-hydrogen) atoms. The van der Waals surface area contributed by atoms with Crippen molar-refractivity contribution in [3.63, 3.8) is 0 Å². The van der Waals surface area contributed by atoms with E-state index in [1.165, 1.54) is 30.9 Å². The molecule has 0 unspecified atom stereocenters. The van der Waals surface area contributed by atoms with Crippen LogP contribution in [0.2, 0.25) is 5.25 Å². The van der Waals surface area contributed by atoms with Crippen molar-refractivity contribution in [3.8, 4) is 0 Å². The Balaban J connectivity index is 1.37. The van der Waals surface area contributed by atoms with Crippen LogP contribution in [0.25, 0.3) is 0 Å². The molecule has 5 aromatic carbocycles. The number of benzene rings is 5. The third kappa shape index (κ3) is 5.72. The summed E-state index contributed by atoms with van der Waals surface area (Å²) in [6.07, 6.45) is 0.420. The summed E-state index contributed by atoms with van der Waals surface area (Å²) < 4.78 is 13.4. The molecule has 0 amide bonds. The van der Waals surface area contributed by atoms with Gasteiger partial charge in [-0.05, 0) is 0 Å². The Labute approximate surface area is 252 Å². The third-order valence-corrected chi connectivity index (χ3v) is 27.4. The quantitative estimate of drug-likeness (QED) is 0.225. The van der Waals surface area contributed by atoms with Crippen LogP contribution in [0.15, 0.2) is 140 Å². The van der Waals surface area contributed by atoms with Crippen molar-refractivity contribution in [2.24, 2.45) is 0 Å². The SMILES string of the molecule is O=C(C[CH2][Ge]([c]1ccccc1)([c]1ccccc1)[c]1ccccc1)[O][Bi]1[c]2ccccc2CSCc2cccc[c]21. The standard InChI is InChI=1S/C21H20GeO2.C14H12S.Bi/c23-21(24)16-17-22(18-10-4-1-5-11-18,19-12-6-2-7-13-19)20-14-8-3-9-15-20;1-3-7-13(8-4-1)11-15-12-14-9-5-2-6-10-14;/h1-15H,16-17H2,(H,23,24);1-7,9H,11-12H2;/q;;+1/p-1.